The highest BCUT2D eigenvalue weighted by atomic mass is 15.3. The Morgan fingerprint density at radius 3 is 2.65 bits per heavy atom. The van der Waals surface area contributed by atoms with E-state index < -0.39 is 0 Å². The second-order valence-corrected chi connectivity index (χ2v) is 5.24. The number of nitrogens with zero attached hydrogens (tertiary/aromatic N) is 4. The molecule has 20 heavy (non-hydrogen) atoms. The highest BCUT2D eigenvalue weighted by Gasteiger charge is 2.27. The van der Waals surface area contributed by atoms with Crippen molar-refractivity contribution >= 4 is 11.6 Å². The summed E-state index contributed by atoms with van der Waals surface area (Å²) in [5.41, 5.74) is 0. The molecule has 0 spiro atoms. The molecule has 0 amide bonds. The van der Waals surface area contributed by atoms with Crippen LogP contribution in [0.1, 0.15) is 33.0 Å². The smallest absolute Gasteiger partial charge is 0.134 e. The van der Waals surface area contributed by atoms with Gasteiger partial charge in [-0.2, -0.15) is 0 Å². The molecule has 5 heteroatoms. The Kier molecular flexibility index (Phi) is 5.17. The van der Waals surface area contributed by atoms with E-state index in [9.17, 15) is 0 Å². The van der Waals surface area contributed by atoms with E-state index in [1.54, 1.807) is 0 Å². The summed E-state index contributed by atoms with van der Waals surface area (Å²) in [6.45, 7) is 11.0. The molecule has 2 rings (SSSR count). The van der Waals surface area contributed by atoms with Gasteiger partial charge in [0, 0.05) is 38.7 Å². The first-order valence-corrected chi connectivity index (χ1v) is 7.76. The van der Waals surface area contributed by atoms with Crippen molar-refractivity contribution in [3.05, 3.63) is 11.9 Å². The highest BCUT2D eigenvalue weighted by molar-refractivity contribution is 5.50. The van der Waals surface area contributed by atoms with Crippen LogP contribution in [0.2, 0.25) is 0 Å². The van der Waals surface area contributed by atoms with E-state index in [0.29, 0.717) is 6.04 Å². The van der Waals surface area contributed by atoms with Crippen molar-refractivity contribution in [3.8, 4) is 0 Å². The van der Waals surface area contributed by atoms with Crippen LogP contribution in [0, 0.1) is 0 Å². The fraction of sp³-hybridized carbons (Fsp3) is 0.733. The number of rotatable bonds is 6. The maximum Gasteiger partial charge on any atom is 0.134 e. The van der Waals surface area contributed by atoms with Crippen LogP contribution in [-0.2, 0) is 6.42 Å². The summed E-state index contributed by atoms with van der Waals surface area (Å²) in [5, 5.41) is 3.13. The van der Waals surface area contributed by atoms with Crippen LogP contribution in [0.15, 0.2) is 6.07 Å². The zero-order valence-electron chi connectivity index (χ0n) is 13.2. The zero-order chi connectivity index (χ0) is 14.5. The lowest BCUT2D eigenvalue weighted by molar-refractivity contribution is 0.232. The lowest BCUT2D eigenvalue weighted by Gasteiger charge is -2.26. The lowest BCUT2D eigenvalue weighted by atomic mass is 10.2. The van der Waals surface area contributed by atoms with Crippen LogP contribution in [0.25, 0.3) is 0 Å². The predicted molar refractivity (Wildman–Crippen MR) is 84.5 cm³/mol. The molecular formula is C15H27N5. The molecule has 5 nitrogen and oxygen atoms in total. The monoisotopic (exact) mass is 277 g/mol. The summed E-state index contributed by atoms with van der Waals surface area (Å²) in [5.74, 6) is 2.90. The molecule has 1 saturated heterocycles. The summed E-state index contributed by atoms with van der Waals surface area (Å²) in [4.78, 5) is 14.1. The number of hydrogen-bond acceptors (Lipinski definition) is 5. The largest absolute Gasteiger partial charge is 0.373 e. The van der Waals surface area contributed by atoms with Crippen LogP contribution in [0.4, 0.5) is 11.6 Å². The van der Waals surface area contributed by atoms with Crippen molar-refractivity contribution in [3.63, 3.8) is 0 Å². The van der Waals surface area contributed by atoms with Gasteiger partial charge in [0.1, 0.15) is 17.5 Å². The second kappa shape index (κ2) is 6.88. The van der Waals surface area contributed by atoms with Gasteiger partial charge in [0.25, 0.3) is 0 Å². The van der Waals surface area contributed by atoms with E-state index in [4.69, 9.17) is 0 Å². The Morgan fingerprint density at radius 1 is 1.30 bits per heavy atom. The Bertz CT molecular complexity index is 408. The minimum atomic E-state index is 0.656. The fourth-order valence-electron chi connectivity index (χ4n) is 2.92. The summed E-state index contributed by atoms with van der Waals surface area (Å²) < 4.78 is 0. The van der Waals surface area contributed by atoms with E-state index in [1.807, 2.05) is 7.05 Å². The molecule has 1 N–H and O–H groups in total. The minimum Gasteiger partial charge on any atom is -0.373 e. The van der Waals surface area contributed by atoms with E-state index in [2.05, 4.69) is 51.9 Å². The van der Waals surface area contributed by atoms with Gasteiger partial charge in [0.2, 0.25) is 0 Å². The molecule has 0 aliphatic carbocycles. The molecule has 2 heterocycles. The van der Waals surface area contributed by atoms with E-state index in [1.165, 1.54) is 6.42 Å². The number of aromatic nitrogens is 2. The third-order valence-corrected chi connectivity index (χ3v) is 4.15. The van der Waals surface area contributed by atoms with Gasteiger partial charge in [-0.3, -0.25) is 4.90 Å². The van der Waals surface area contributed by atoms with Crippen LogP contribution in [0.5, 0.6) is 0 Å². The summed E-state index contributed by atoms with van der Waals surface area (Å²) >= 11 is 0. The van der Waals surface area contributed by atoms with Crippen LogP contribution in [0.3, 0.4) is 0 Å². The van der Waals surface area contributed by atoms with Crippen molar-refractivity contribution in [1.29, 1.82) is 0 Å². The van der Waals surface area contributed by atoms with Crippen molar-refractivity contribution < 1.29 is 0 Å². The average Bonchev–Trinajstić information content (AvgIpc) is 2.97. The molecule has 1 unspecified atom stereocenters. The topological polar surface area (TPSA) is 44.3 Å². The van der Waals surface area contributed by atoms with Gasteiger partial charge >= 0.3 is 0 Å². The SMILES string of the molecule is CCc1nc(NC)cc(N2CCC(N(CC)CC)C2)n1. The van der Waals surface area contributed by atoms with Gasteiger partial charge < -0.3 is 10.2 Å². The second-order valence-electron chi connectivity index (χ2n) is 5.24. The molecule has 112 valence electrons. The molecule has 1 aliphatic heterocycles. The molecule has 1 aliphatic rings. The minimum absolute atomic E-state index is 0.656. The number of likely N-dealkylation sites (N-methyl/N-ethyl adjacent to an activating group) is 1. The van der Waals surface area contributed by atoms with Crippen molar-refractivity contribution in [1.82, 2.24) is 14.9 Å². The molecule has 0 radical (unpaired) electrons. The molecule has 0 aromatic carbocycles. The number of hydrogen-bond donors (Lipinski definition) is 1. The molecule has 1 aromatic heterocycles. The van der Waals surface area contributed by atoms with Crippen molar-refractivity contribution in [2.45, 2.75) is 39.7 Å². The molecule has 0 bridgehead atoms. The molecule has 1 fully saturated rings. The Hall–Kier alpha value is -1.36. The zero-order valence-corrected chi connectivity index (χ0v) is 13.2. The van der Waals surface area contributed by atoms with E-state index in [-0.39, 0.29) is 0 Å². The first kappa shape index (κ1) is 15.0. The van der Waals surface area contributed by atoms with Gasteiger partial charge in [-0.1, -0.05) is 20.8 Å². The quantitative estimate of drug-likeness (QED) is 0.861. The molecule has 1 atom stereocenters. The maximum absolute atomic E-state index is 4.68. The summed E-state index contributed by atoms with van der Waals surface area (Å²) in [6, 6.07) is 2.71. The first-order chi connectivity index (χ1) is 9.71. The lowest BCUT2D eigenvalue weighted by Crippen LogP contribution is -2.37. The van der Waals surface area contributed by atoms with Gasteiger partial charge in [0.15, 0.2) is 0 Å². The van der Waals surface area contributed by atoms with Crippen LogP contribution < -0.4 is 10.2 Å². The summed E-state index contributed by atoms with van der Waals surface area (Å²) in [6.07, 6.45) is 2.10. The van der Waals surface area contributed by atoms with Crippen LogP contribution >= 0.6 is 0 Å². The van der Waals surface area contributed by atoms with Crippen LogP contribution in [-0.4, -0.2) is 54.1 Å². The maximum atomic E-state index is 4.68. The van der Waals surface area contributed by atoms with Gasteiger partial charge in [0.05, 0.1) is 0 Å². The predicted octanol–water partition coefficient (Wildman–Crippen LogP) is 2.00. The average molecular weight is 277 g/mol. The van der Waals surface area contributed by atoms with Gasteiger partial charge in [-0.05, 0) is 19.5 Å². The van der Waals surface area contributed by atoms with Gasteiger partial charge in [-0.15, -0.1) is 0 Å². The van der Waals surface area contributed by atoms with Crippen molar-refractivity contribution in [2.24, 2.45) is 0 Å². The Balaban J connectivity index is 2.13. The summed E-state index contributed by atoms with van der Waals surface area (Å²) in [7, 11) is 1.91. The van der Waals surface area contributed by atoms with E-state index in [0.717, 1.165) is 50.1 Å². The first-order valence-electron chi connectivity index (χ1n) is 7.76. The Labute approximate surface area is 122 Å². The highest BCUT2D eigenvalue weighted by Crippen LogP contribution is 2.23. The third kappa shape index (κ3) is 3.20. The third-order valence-electron chi connectivity index (χ3n) is 4.15. The number of aryl methyl sites for hydroxylation is 1. The number of nitrogens with one attached hydrogen (secondary N) is 1. The van der Waals surface area contributed by atoms with Gasteiger partial charge in [-0.25, -0.2) is 9.97 Å². The fourth-order valence-corrected chi connectivity index (χ4v) is 2.92. The standard InChI is InChI=1S/C15H27N5/c1-5-13-17-14(16-4)10-15(18-13)20-9-8-12(11-20)19(6-2)7-3/h10,12H,5-9,11H2,1-4H3,(H,16,17,18). The Morgan fingerprint density at radius 2 is 2.05 bits per heavy atom. The molecule has 1 aromatic rings. The molecule has 0 saturated carbocycles. The normalized spacial score (nSPS) is 18.9. The molecular weight excluding hydrogens is 250 g/mol. The van der Waals surface area contributed by atoms with Crippen molar-refractivity contribution in [2.75, 3.05) is 43.4 Å². The van der Waals surface area contributed by atoms with E-state index >= 15 is 0 Å². The number of anilines is 2.